The van der Waals surface area contributed by atoms with Crippen molar-refractivity contribution in [3.63, 3.8) is 0 Å². The molecule has 6 heteroatoms. The molecule has 0 saturated carbocycles. The number of aryl methyl sites for hydroxylation is 1. The summed E-state index contributed by atoms with van der Waals surface area (Å²) in [5.41, 5.74) is 5.97. The second-order valence-electron chi connectivity index (χ2n) is 6.78. The lowest BCUT2D eigenvalue weighted by atomic mass is 10.0. The summed E-state index contributed by atoms with van der Waals surface area (Å²) in [6.45, 7) is 2.25. The molecule has 4 rings (SSSR count). The number of rotatable bonds is 6. The Labute approximate surface area is 175 Å². The van der Waals surface area contributed by atoms with Crippen LogP contribution in [0.2, 0.25) is 0 Å². The first-order valence-electron chi connectivity index (χ1n) is 9.15. The lowest BCUT2D eigenvalue weighted by molar-refractivity contribution is 0.581. The number of hydrogen-bond donors (Lipinski definition) is 1. The van der Waals surface area contributed by atoms with Gasteiger partial charge in [0, 0.05) is 23.7 Å². The van der Waals surface area contributed by atoms with Crippen LogP contribution in [0.5, 0.6) is 0 Å². The normalized spacial score (nSPS) is 11.5. The first-order chi connectivity index (χ1) is 14.0. The molecule has 0 unspecified atom stereocenters. The van der Waals surface area contributed by atoms with Crippen molar-refractivity contribution in [3.8, 4) is 22.4 Å². The third-order valence-corrected chi connectivity index (χ3v) is 6.76. The summed E-state index contributed by atoms with van der Waals surface area (Å²) in [7, 11) is -3.60. The van der Waals surface area contributed by atoms with Gasteiger partial charge in [-0.2, -0.15) is 11.3 Å². The molecule has 1 N–H and O–H groups in total. The van der Waals surface area contributed by atoms with E-state index in [1.165, 1.54) is 5.56 Å². The van der Waals surface area contributed by atoms with E-state index in [0.717, 1.165) is 27.9 Å². The fourth-order valence-electron chi connectivity index (χ4n) is 2.99. The van der Waals surface area contributed by atoms with Gasteiger partial charge in [0.15, 0.2) is 0 Å². The zero-order valence-corrected chi connectivity index (χ0v) is 17.5. The molecule has 0 aliphatic rings. The Kier molecular flexibility index (Phi) is 5.58. The lowest BCUT2D eigenvalue weighted by Gasteiger charge is -2.09. The molecule has 0 aliphatic heterocycles. The number of pyridine rings is 1. The summed E-state index contributed by atoms with van der Waals surface area (Å²) >= 11 is 1.60. The SMILES string of the molecule is Cc1ccc(-c2ccc(S(=O)(=O)NCc3ccnc(-c4ccsc4)c3)cc2)cc1. The molecule has 146 valence electrons. The fraction of sp³-hybridized carbons (Fsp3) is 0.0870. The van der Waals surface area contributed by atoms with Gasteiger partial charge in [0.1, 0.15) is 0 Å². The third-order valence-electron chi connectivity index (χ3n) is 4.66. The number of benzene rings is 2. The van der Waals surface area contributed by atoms with E-state index in [1.54, 1.807) is 29.7 Å². The summed E-state index contributed by atoms with van der Waals surface area (Å²) in [4.78, 5) is 4.61. The van der Waals surface area contributed by atoms with E-state index in [0.29, 0.717) is 0 Å². The Morgan fingerprint density at radius 1 is 0.897 bits per heavy atom. The van der Waals surface area contributed by atoms with Gasteiger partial charge in [-0.05, 0) is 59.3 Å². The van der Waals surface area contributed by atoms with Crippen LogP contribution in [-0.2, 0) is 16.6 Å². The number of nitrogens with zero attached hydrogens (tertiary/aromatic N) is 1. The van der Waals surface area contributed by atoms with E-state index < -0.39 is 10.0 Å². The molecule has 0 aliphatic carbocycles. The summed E-state index contributed by atoms with van der Waals surface area (Å²) < 4.78 is 28.1. The molecule has 0 radical (unpaired) electrons. The molecule has 4 nitrogen and oxygen atoms in total. The van der Waals surface area contributed by atoms with E-state index in [-0.39, 0.29) is 11.4 Å². The number of nitrogens with one attached hydrogen (secondary N) is 1. The highest BCUT2D eigenvalue weighted by molar-refractivity contribution is 7.89. The molecule has 4 aromatic rings. The van der Waals surface area contributed by atoms with E-state index in [9.17, 15) is 8.42 Å². The van der Waals surface area contributed by atoms with Gasteiger partial charge in [-0.3, -0.25) is 4.98 Å². The van der Waals surface area contributed by atoms with E-state index in [4.69, 9.17) is 0 Å². The molecule has 0 atom stereocenters. The lowest BCUT2D eigenvalue weighted by Crippen LogP contribution is -2.23. The fourth-order valence-corrected chi connectivity index (χ4v) is 4.65. The van der Waals surface area contributed by atoms with Gasteiger partial charge in [-0.1, -0.05) is 42.0 Å². The van der Waals surface area contributed by atoms with Crippen LogP contribution in [0.1, 0.15) is 11.1 Å². The predicted molar refractivity (Wildman–Crippen MR) is 118 cm³/mol. The minimum Gasteiger partial charge on any atom is -0.256 e. The Balaban J connectivity index is 1.48. The summed E-state index contributed by atoms with van der Waals surface area (Å²) in [6, 6.07) is 20.8. The summed E-state index contributed by atoms with van der Waals surface area (Å²) in [5.74, 6) is 0. The number of aromatic nitrogens is 1. The van der Waals surface area contributed by atoms with Gasteiger partial charge in [-0.15, -0.1) is 0 Å². The molecular formula is C23H20N2O2S2. The molecule has 2 heterocycles. The van der Waals surface area contributed by atoms with Crippen molar-refractivity contribution in [1.82, 2.24) is 9.71 Å². The van der Waals surface area contributed by atoms with Gasteiger partial charge in [0.25, 0.3) is 0 Å². The predicted octanol–water partition coefficient (Wildman–Crippen LogP) is 5.26. The highest BCUT2D eigenvalue weighted by Gasteiger charge is 2.14. The zero-order chi connectivity index (χ0) is 20.3. The van der Waals surface area contributed by atoms with Crippen molar-refractivity contribution in [1.29, 1.82) is 0 Å². The molecule has 0 spiro atoms. The monoisotopic (exact) mass is 420 g/mol. The van der Waals surface area contributed by atoms with E-state index in [2.05, 4.69) is 9.71 Å². The first kappa shape index (κ1) is 19.5. The van der Waals surface area contributed by atoms with E-state index in [1.807, 2.05) is 72.3 Å². The van der Waals surface area contributed by atoms with Crippen LogP contribution >= 0.6 is 11.3 Å². The minimum atomic E-state index is -3.60. The summed E-state index contributed by atoms with van der Waals surface area (Å²) in [6.07, 6.45) is 1.70. The Morgan fingerprint density at radius 3 is 2.24 bits per heavy atom. The van der Waals surface area contributed by atoms with Gasteiger partial charge in [0.05, 0.1) is 10.6 Å². The topological polar surface area (TPSA) is 59.1 Å². The molecule has 0 fully saturated rings. The van der Waals surface area contributed by atoms with Gasteiger partial charge >= 0.3 is 0 Å². The van der Waals surface area contributed by atoms with Crippen LogP contribution < -0.4 is 4.72 Å². The smallest absolute Gasteiger partial charge is 0.240 e. The van der Waals surface area contributed by atoms with Crippen LogP contribution in [0.3, 0.4) is 0 Å². The molecule has 0 saturated heterocycles. The Hall–Kier alpha value is -2.80. The minimum absolute atomic E-state index is 0.210. The van der Waals surface area contributed by atoms with Crippen molar-refractivity contribution in [3.05, 3.63) is 94.8 Å². The largest absolute Gasteiger partial charge is 0.256 e. The second kappa shape index (κ2) is 8.29. The first-order valence-corrected chi connectivity index (χ1v) is 11.6. The Bertz CT molecular complexity index is 1200. The van der Waals surface area contributed by atoms with Gasteiger partial charge in [-0.25, -0.2) is 13.1 Å². The summed E-state index contributed by atoms with van der Waals surface area (Å²) in [5, 5.41) is 4.01. The van der Waals surface area contributed by atoms with Crippen LogP contribution in [-0.4, -0.2) is 13.4 Å². The van der Waals surface area contributed by atoms with Crippen molar-refractivity contribution in [2.45, 2.75) is 18.4 Å². The van der Waals surface area contributed by atoms with Crippen LogP contribution in [0, 0.1) is 6.92 Å². The molecule has 2 aromatic carbocycles. The number of hydrogen-bond acceptors (Lipinski definition) is 4. The van der Waals surface area contributed by atoms with Crippen molar-refractivity contribution >= 4 is 21.4 Å². The van der Waals surface area contributed by atoms with Gasteiger partial charge < -0.3 is 0 Å². The third kappa shape index (κ3) is 4.62. The van der Waals surface area contributed by atoms with E-state index >= 15 is 0 Å². The molecular weight excluding hydrogens is 400 g/mol. The quantitative estimate of drug-likeness (QED) is 0.463. The number of sulfonamides is 1. The average Bonchev–Trinajstić information content (AvgIpc) is 3.28. The van der Waals surface area contributed by atoms with Crippen molar-refractivity contribution < 1.29 is 8.42 Å². The molecule has 0 amide bonds. The number of thiophene rings is 1. The van der Waals surface area contributed by atoms with Crippen molar-refractivity contribution in [2.24, 2.45) is 0 Å². The molecule has 29 heavy (non-hydrogen) atoms. The van der Waals surface area contributed by atoms with Gasteiger partial charge in [0.2, 0.25) is 10.0 Å². The molecule has 0 bridgehead atoms. The zero-order valence-electron chi connectivity index (χ0n) is 15.9. The maximum absolute atomic E-state index is 12.7. The van der Waals surface area contributed by atoms with Crippen molar-refractivity contribution in [2.75, 3.05) is 0 Å². The van der Waals surface area contributed by atoms with Crippen LogP contribution in [0.15, 0.2) is 88.6 Å². The highest BCUT2D eigenvalue weighted by Crippen LogP contribution is 2.23. The standard InChI is InChI=1S/C23H20N2O2S2/c1-17-2-4-19(5-3-17)20-6-8-22(9-7-20)29(26,27)25-15-18-10-12-24-23(14-18)21-11-13-28-16-21/h2-14,16,25H,15H2,1H3. The maximum atomic E-state index is 12.7. The Morgan fingerprint density at radius 2 is 1.59 bits per heavy atom. The maximum Gasteiger partial charge on any atom is 0.240 e. The second-order valence-corrected chi connectivity index (χ2v) is 9.32. The highest BCUT2D eigenvalue weighted by atomic mass is 32.2. The van der Waals surface area contributed by atoms with Crippen LogP contribution in [0.4, 0.5) is 0 Å². The average molecular weight is 421 g/mol. The van der Waals surface area contributed by atoms with Crippen LogP contribution in [0.25, 0.3) is 22.4 Å². The molecule has 2 aromatic heterocycles.